The molecular formula is C13H15ClO4. The van der Waals surface area contributed by atoms with Crippen molar-refractivity contribution in [3.05, 3.63) is 29.8 Å². The number of hydrogen-bond donors (Lipinski definition) is 0. The minimum atomic E-state index is -0.384. The van der Waals surface area contributed by atoms with Crippen molar-refractivity contribution < 1.29 is 19.1 Å². The lowest BCUT2D eigenvalue weighted by Crippen LogP contribution is -2.06. The lowest BCUT2D eigenvalue weighted by molar-refractivity contribution is -0.140. The summed E-state index contributed by atoms with van der Waals surface area (Å²) in [7, 11) is 1.30. The molecule has 0 saturated carbocycles. The SMILES string of the molecule is COC(=O)CCC(=O)c1ccc(OCCCl)cc1. The van der Waals surface area contributed by atoms with Crippen LogP contribution in [0.5, 0.6) is 5.75 Å². The zero-order chi connectivity index (χ0) is 13.4. The van der Waals surface area contributed by atoms with Gasteiger partial charge in [0.15, 0.2) is 5.78 Å². The molecule has 0 aliphatic carbocycles. The van der Waals surface area contributed by atoms with Crippen LogP contribution in [0, 0.1) is 0 Å². The Balaban J connectivity index is 2.51. The normalized spacial score (nSPS) is 9.89. The number of carbonyl (C=O) groups excluding carboxylic acids is 2. The van der Waals surface area contributed by atoms with E-state index < -0.39 is 0 Å². The van der Waals surface area contributed by atoms with Crippen molar-refractivity contribution in [3.63, 3.8) is 0 Å². The van der Waals surface area contributed by atoms with Crippen LogP contribution in [-0.2, 0) is 9.53 Å². The molecule has 5 heteroatoms. The van der Waals surface area contributed by atoms with Gasteiger partial charge in [-0.25, -0.2) is 0 Å². The first-order valence-electron chi connectivity index (χ1n) is 5.56. The maximum Gasteiger partial charge on any atom is 0.305 e. The number of rotatable bonds is 7. The van der Waals surface area contributed by atoms with Crippen LogP contribution in [0.4, 0.5) is 0 Å². The summed E-state index contributed by atoms with van der Waals surface area (Å²) in [5.74, 6) is 0.606. The molecule has 0 aliphatic heterocycles. The molecule has 1 aromatic carbocycles. The highest BCUT2D eigenvalue weighted by molar-refractivity contribution is 6.18. The first kappa shape index (κ1) is 14.5. The number of carbonyl (C=O) groups is 2. The summed E-state index contributed by atoms with van der Waals surface area (Å²) in [5.41, 5.74) is 0.553. The number of halogens is 1. The van der Waals surface area contributed by atoms with Gasteiger partial charge in [0.2, 0.25) is 0 Å². The maximum atomic E-state index is 11.7. The van der Waals surface area contributed by atoms with Gasteiger partial charge in [-0.05, 0) is 24.3 Å². The Kier molecular flexibility index (Phi) is 6.22. The van der Waals surface area contributed by atoms with E-state index in [0.717, 1.165) is 0 Å². The van der Waals surface area contributed by atoms with Gasteiger partial charge in [0.25, 0.3) is 0 Å². The molecule has 0 fully saturated rings. The predicted molar refractivity (Wildman–Crippen MR) is 68.2 cm³/mol. The molecule has 0 unspecified atom stereocenters. The van der Waals surface area contributed by atoms with Gasteiger partial charge in [0, 0.05) is 12.0 Å². The number of ether oxygens (including phenoxy) is 2. The predicted octanol–water partition coefficient (Wildman–Crippen LogP) is 2.44. The molecular weight excluding hydrogens is 256 g/mol. The van der Waals surface area contributed by atoms with Crippen LogP contribution in [0.1, 0.15) is 23.2 Å². The molecule has 0 spiro atoms. The first-order chi connectivity index (χ1) is 8.67. The average molecular weight is 271 g/mol. The summed E-state index contributed by atoms with van der Waals surface area (Å²) in [4.78, 5) is 22.6. The fourth-order valence-corrected chi connectivity index (χ4v) is 1.43. The van der Waals surface area contributed by atoms with Crippen molar-refractivity contribution in [1.82, 2.24) is 0 Å². The molecule has 0 amide bonds. The third-order valence-electron chi connectivity index (χ3n) is 2.31. The van der Waals surface area contributed by atoms with Gasteiger partial charge in [0.05, 0.1) is 19.4 Å². The van der Waals surface area contributed by atoms with Gasteiger partial charge >= 0.3 is 5.97 Å². The Morgan fingerprint density at radius 2 is 1.83 bits per heavy atom. The van der Waals surface area contributed by atoms with Crippen molar-refractivity contribution in [2.75, 3.05) is 19.6 Å². The number of benzene rings is 1. The van der Waals surface area contributed by atoms with Crippen LogP contribution in [0.3, 0.4) is 0 Å². The molecule has 1 aromatic rings. The molecule has 98 valence electrons. The quantitative estimate of drug-likeness (QED) is 0.434. The smallest absolute Gasteiger partial charge is 0.305 e. The molecule has 0 heterocycles. The Hall–Kier alpha value is -1.55. The number of methoxy groups -OCH3 is 1. The number of ketones is 1. The standard InChI is InChI=1S/C13H15ClO4/c1-17-13(16)7-6-12(15)10-2-4-11(5-3-10)18-9-8-14/h2-5H,6-9H2,1H3. The average Bonchev–Trinajstić information content (AvgIpc) is 2.42. The van der Waals surface area contributed by atoms with Gasteiger partial charge in [-0.1, -0.05) is 0 Å². The molecule has 0 atom stereocenters. The molecule has 4 nitrogen and oxygen atoms in total. The third kappa shape index (κ3) is 4.75. The number of Topliss-reactive ketones (excluding diaryl/α,β-unsaturated/α-hetero) is 1. The van der Waals surface area contributed by atoms with Gasteiger partial charge in [0.1, 0.15) is 12.4 Å². The second-order valence-electron chi connectivity index (χ2n) is 3.56. The van der Waals surface area contributed by atoms with Crippen LogP contribution in [0.15, 0.2) is 24.3 Å². The van der Waals surface area contributed by atoms with E-state index >= 15 is 0 Å². The van der Waals surface area contributed by atoms with Gasteiger partial charge in [-0.15, -0.1) is 11.6 Å². The van der Waals surface area contributed by atoms with E-state index in [1.807, 2.05) is 0 Å². The lowest BCUT2D eigenvalue weighted by atomic mass is 10.1. The van der Waals surface area contributed by atoms with Crippen molar-refractivity contribution in [1.29, 1.82) is 0 Å². The second kappa shape index (κ2) is 7.71. The summed E-state index contributed by atoms with van der Waals surface area (Å²) in [6.45, 7) is 0.428. The fraction of sp³-hybridized carbons (Fsp3) is 0.385. The molecule has 1 rings (SSSR count). The second-order valence-corrected chi connectivity index (χ2v) is 3.94. The van der Waals surface area contributed by atoms with Crippen LogP contribution in [0.2, 0.25) is 0 Å². The molecule has 0 radical (unpaired) electrons. The monoisotopic (exact) mass is 270 g/mol. The summed E-state index contributed by atoms with van der Waals surface area (Å²) in [6.07, 6.45) is 0.244. The van der Waals surface area contributed by atoms with Crippen LogP contribution < -0.4 is 4.74 Å². The highest BCUT2D eigenvalue weighted by Crippen LogP contribution is 2.14. The first-order valence-corrected chi connectivity index (χ1v) is 6.09. The largest absolute Gasteiger partial charge is 0.492 e. The van der Waals surface area contributed by atoms with E-state index in [1.54, 1.807) is 24.3 Å². The number of alkyl halides is 1. The van der Waals surface area contributed by atoms with Gasteiger partial charge in [-0.2, -0.15) is 0 Å². The van der Waals surface area contributed by atoms with E-state index in [0.29, 0.717) is 23.8 Å². The highest BCUT2D eigenvalue weighted by atomic mass is 35.5. The maximum absolute atomic E-state index is 11.7. The van der Waals surface area contributed by atoms with E-state index in [9.17, 15) is 9.59 Å². The summed E-state index contributed by atoms with van der Waals surface area (Å²) < 4.78 is 9.76. The Morgan fingerprint density at radius 3 is 2.39 bits per heavy atom. The molecule has 0 aromatic heterocycles. The third-order valence-corrected chi connectivity index (χ3v) is 2.46. The molecule has 0 N–H and O–H groups in total. The lowest BCUT2D eigenvalue weighted by Gasteiger charge is -2.05. The fourth-order valence-electron chi connectivity index (χ4n) is 1.36. The van der Waals surface area contributed by atoms with E-state index in [1.165, 1.54) is 7.11 Å². The van der Waals surface area contributed by atoms with Crippen molar-refractivity contribution in [2.24, 2.45) is 0 Å². The van der Waals surface area contributed by atoms with E-state index in [2.05, 4.69) is 4.74 Å². The highest BCUT2D eigenvalue weighted by Gasteiger charge is 2.09. The van der Waals surface area contributed by atoms with Crippen LogP contribution in [-0.4, -0.2) is 31.3 Å². The molecule has 18 heavy (non-hydrogen) atoms. The molecule has 0 aliphatic rings. The molecule has 0 bridgehead atoms. The minimum Gasteiger partial charge on any atom is -0.492 e. The van der Waals surface area contributed by atoms with E-state index in [4.69, 9.17) is 16.3 Å². The van der Waals surface area contributed by atoms with Gasteiger partial charge in [-0.3, -0.25) is 9.59 Å². The van der Waals surface area contributed by atoms with Gasteiger partial charge < -0.3 is 9.47 Å². The molecule has 0 saturated heterocycles. The van der Waals surface area contributed by atoms with Crippen molar-refractivity contribution in [2.45, 2.75) is 12.8 Å². The zero-order valence-electron chi connectivity index (χ0n) is 10.1. The summed E-state index contributed by atoms with van der Waals surface area (Å²) in [6, 6.07) is 6.75. The van der Waals surface area contributed by atoms with E-state index in [-0.39, 0.29) is 24.6 Å². The number of esters is 1. The van der Waals surface area contributed by atoms with Crippen molar-refractivity contribution >= 4 is 23.4 Å². The van der Waals surface area contributed by atoms with Crippen molar-refractivity contribution in [3.8, 4) is 5.75 Å². The summed E-state index contributed by atoms with van der Waals surface area (Å²) in [5, 5.41) is 0. The Labute approximate surface area is 111 Å². The minimum absolute atomic E-state index is 0.0932. The number of hydrogen-bond acceptors (Lipinski definition) is 4. The summed E-state index contributed by atoms with van der Waals surface area (Å²) >= 11 is 5.49. The Morgan fingerprint density at radius 1 is 1.17 bits per heavy atom. The van der Waals surface area contributed by atoms with Crippen LogP contribution in [0.25, 0.3) is 0 Å². The topological polar surface area (TPSA) is 52.6 Å². The Bertz CT molecular complexity index is 400. The van der Waals surface area contributed by atoms with Crippen LogP contribution >= 0.6 is 11.6 Å². The zero-order valence-corrected chi connectivity index (χ0v) is 10.9.